The number of carboxylic acids is 1. The molecule has 1 N–H and O–H groups in total. The summed E-state index contributed by atoms with van der Waals surface area (Å²) in [7, 11) is 3.87. The third-order valence-electron chi connectivity index (χ3n) is 2.73. The number of alkyl halides is 2. The summed E-state index contributed by atoms with van der Waals surface area (Å²) in [5.41, 5.74) is -0.482. The average molecular weight is 290 g/mol. The van der Waals surface area contributed by atoms with Gasteiger partial charge in [-0.15, -0.1) is 0 Å². The number of carboxylic acid groups (broad SMARTS) is 1. The highest BCUT2D eigenvalue weighted by molar-refractivity contribution is 5.67. The lowest BCUT2D eigenvalue weighted by molar-refractivity contribution is -0.139. The van der Waals surface area contributed by atoms with Crippen molar-refractivity contribution in [1.82, 2.24) is 0 Å². The van der Waals surface area contributed by atoms with Gasteiger partial charge in [-0.3, -0.25) is 4.79 Å². The van der Waals surface area contributed by atoms with Crippen LogP contribution in [0.5, 0.6) is 17.2 Å². The molecule has 112 valence electrons. The van der Waals surface area contributed by atoms with Crippen molar-refractivity contribution in [3.05, 3.63) is 17.7 Å². The van der Waals surface area contributed by atoms with Crippen LogP contribution in [0.1, 0.15) is 18.4 Å². The lowest BCUT2D eigenvalue weighted by Gasteiger charge is -2.22. The molecule has 0 bridgehead atoms. The van der Waals surface area contributed by atoms with Gasteiger partial charge in [0.15, 0.2) is 0 Å². The molecule has 1 rings (SSSR count). The molecular formula is C13H16F2O5. The molecule has 7 heteroatoms. The summed E-state index contributed by atoms with van der Waals surface area (Å²) in [5.74, 6) is -4.61. The normalized spacial score (nSPS) is 11.1. The summed E-state index contributed by atoms with van der Waals surface area (Å²) in [5, 5.41) is 8.54. The number of rotatable bonds is 7. The van der Waals surface area contributed by atoms with E-state index in [1.165, 1.54) is 33.5 Å². The van der Waals surface area contributed by atoms with Gasteiger partial charge in [0.2, 0.25) is 0 Å². The van der Waals surface area contributed by atoms with E-state index in [1.54, 1.807) is 0 Å². The molecular weight excluding hydrogens is 274 g/mol. The third kappa shape index (κ3) is 3.49. The quantitative estimate of drug-likeness (QED) is 0.836. The van der Waals surface area contributed by atoms with Gasteiger partial charge in [0, 0.05) is 18.6 Å². The maximum atomic E-state index is 14.2. The van der Waals surface area contributed by atoms with E-state index in [0.717, 1.165) is 0 Å². The van der Waals surface area contributed by atoms with Crippen LogP contribution in [0.2, 0.25) is 0 Å². The van der Waals surface area contributed by atoms with E-state index in [4.69, 9.17) is 19.3 Å². The molecule has 0 unspecified atom stereocenters. The standard InChI is InChI=1S/C13H16F2O5/c1-18-8-6-9(19-2)12(10(7-8)20-3)13(14,15)5-4-11(16)17/h6-7H,4-5H2,1-3H3,(H,16,17). The van der Waals surface area contributed by atoms with Crippen molar-refractivity contribution in [2.24, 2.45) is 0 Å². The largest absolute Gasteiger partial charge is 0.496 e. The number of ether oxygens (including phenoxy) is 3. The Morgan fingerprint density at radius 2 is 1.65 bits per heavy atom. The van der Waals surface area contributed by atoms with Gasteiger partial charge < -0.3 is 19.3 Å². The Morgan fingerprint density at radius 3 is 2.00 bits per heavy atom. The highest BCUT2D eigenvalue weighted by Crippen LogP contribution is 2.46. The Bertz CT molecular complexity index is 463. The first kappa shape index (κ1) is 16.0. The lowest BCUT2D eigenvalue weighted by atomic mass is 10.0. The van der Waals surface area contributed by atoms with Gasteiger partial charge in [-0.1, -0.05) is 0 Å². The summed E-state index contributed by atoms with van der Waals surface area (Å²) in [4.78, 5) is 10.5. The molecule has 1 aromatic rings. The van der Waals surface area contributed by atoms with Crippen molar-refractivity contribution < 1.29 is 32.9 Å². The predicted octanol–water partition coefficient (Wildman–Crippen LogP) is 2.67. The van der Waals surface area contributed by atoms with Crippen LogP contribution in [0, 0.1) is 0 Å². The Balaban J connectivity index is 3.29. The van der Waals surface area contributed by atoms with Crippen LogP contribution in [0.3, 0.4) is 0 Å². The fourth-order valence-electron chi connectivity index (χ4n) is 1.76. The predicted molar refractivity (Wildman–Crippen MR) is 66.9 cm³/mol. The Hall–Kier alpha value is -2.05. The number of carbonyl (C=O) groups is 1. The summed E-state index contributed by atoms with van der Waals surface area (Å²) in [6, 6.07) is 2.60. The Labute approximate surface area is 115 Å². The van der Waals surface area contributed by atoms with Crippen LogP contribution < -0.4 is 14.2 Å². The fourth-order valence-corrected chi connectivity index (χ4v) is 1.76. The lowest BCUT2D eigenvalue weighted by Crippen LogP contribution is -2.18. The van der Waals surface area contributed by atoms with E-state index in [-0.39, 0.29) is 11.5 Å². The molecule has 0 aliphatic carbocycles. The molecule has 0 fully saturated rings. The Morgan fingerprint density at radius 1 is 1.15 bits per heavy atom. The van der Waals surface area contributed by atoms with E-state index >= 15 is 0 Å². The highest BCUT2D eigenvalue weighted by atomic mass is 19.3. The number of aliphatic carboxylic acids is 1. The van der Waals surface area contributed by atoms with Crippen molar-refractivity contribution in [3.8, 4) is 17.2 Å². The first-order valence-corrected chi connectivity index (χ1v) is 5.75. The molecule has 0 heterocycles. The molecule has 0 aromatic heterocycles. The SMILES string of the molecule is COc1cc(OC)c(C(F)(F)CCC(=O)O)c(OC)c1. The first-order valence-electron chi connectivity index (χ1n) is 5.75. The van der Waals surface area contributed by atoms with Gasteiger partial charge in [-0.05, 0) is 0 Å². The Kier molecular flexibility index (Phi) is 5.12. The molecule has 5 nitrogen and oxygen atoms in total. The summed E-state index contributed by atoms with van der Waals surface area (Å²) < 4.78 is 43.2. The van der Waals surface area contributed by atoms with Gasteiger partial charge in [-0.2, -0.15) is 0 Å². The van der Waals surface area contributed by atoms with Crippen molar-refractivity contribution in [1.29, 1.82) is 0 Å². The molecule has 0 amide bonds. The van der Waals surface area contributed by atoms with E-state index in [2.05, 4.69) is 0 Å². The smallest absolute Gasteiger partial charge is 0.303 e. The van der Waals surface area contributed by atoms with Crippen LogP contribution in [0.4, 0.5) is 8.78 Å². The minimum atomic E-state index is -3.39. The molecule has 0 spiro atoms. The zero-order valence-corrected chi connectivity index (χ0v) is 11.4. The van der Waals surface area contributed by atoms with E-state index < -0.39 is 30.3 Å². The first-order chi connectivity index (χ1) is 9.35. The molecule has 1 aromatic carbocycles. The number of benzene rings is 1. The summed E-state index contributed by atoms with van der Waals surface area (Å²) in [6.07, 6.45) is -1.51. The van der Waals surface area contributed by atoms with Gasteiger partial charge >= 0.3 is 5.97 Å². The highest BCUT2D eigenvalue weighted by Gasteiger charge is 2.39. The number of hydrogen-bond acceptors (Lipinski definition) is 4. The minimum absolute atomic E-state index is 0.114. The topological polar surface area (TPSA) is 65.0 Å². The molecule has 20 heavy (non-hydrogen) atoms. The minimum Gasteiger partial charge on any atom is -0.496 e. The van der Waals surface area contributed by atoms with E-state index in [9.17, 15) is 13.6 Å². The maximum absolute atomic E-state index is 14.2. The second-order valence-corrected chi connectivity index (χ2v) is 4.01. The van der Waals surface area contributed by atoms with Gasteiger partial charge in [-0.25, -0.2) is 8.78 Å². The van der Waals surface area contributed by atoms with Crippen molar-refractivity contribution in [2.45, 2.75) is 18.8 Å². The van der Waals surface area contributed by atoms with Crippen LogP contribution >= 0.6 is 0 Å². The van der Waals surface area contributed by atoms with Crippen molar-refractivity contribution >= 4 is 5.97 Å². The van der Waals surface area contributed by atoms with Gasteiger partial charge in [0.05, 0.1) is 27.8 Å². The zero-order chi connectivity index (χ0) is 15.3. The maximum Gasteiger partial charge on any atom is 0.303 e. The third-order valence-corrected chi connectivity index (χ3v) is 2.73. The second-order valence-electron chi connectivity index (χ2n) is 4.01. The number of methoxy groups -OCH3 is 3. The molecule has 0 aliphatic heterocycles. The number of halogens is 2. The van der Waals surface area contributed by atoms with Gasteiger partial charge in [0.25, 0.3) is 5.92 Å². The monoisotopic (exact) mass is 290 g/mol. The second kappa shape index (κ2) is 6.40. The molecule has 0 saturated heterocycles. The van der Waals surface area contributed by atoms with Crippen molar-refractivity contribution in [3.63, 3.8) is 0 Å². The molecule has 0 saturated carbocycles. The van der Waals surface area contributed by atoms with Crippen LogP contribution in [-0.2, 0) is 10.7 Å². The van der Waals surface area contributed by atoms with Gasteiger partial charge in [0.1, 0.15) is 22.8 Å². The average Bonchev–Trinajstić information content (AvgIpc) is 2.43. The molecule has 0 atom stereocenters. The summed E-state index contributed by atoms with van der Waals surface area (Å²) >= 11 is 0. The van der Waals surface area contributed by atoms with Crippen LogP contribution in [0.15, 0.2) is 12.1 Å². The molecule has 0 aliphatic rings. The van der Waals surface area contributed by atoms with Crippen molar-refractivity contribution in [2.75, 3.05) is 21.3 Å². The fraction of sp³-hybridized carbons (Fsp3) is 0.462. The van der Waals surface area contributed by atoms with E-state index in [0.29, 0.717) is 5.75 Å². The van der Waals surface area contributed by atoms with Crippen LogP contribution in [0.25, 0.3) is 0 Å². The van der Waals surface area contributed by atoms with E-state index in [1.807, 2.05) is 0 Å². The zero-order valence-electron chi connectivity index (χ0n) is 11.4. The summed E-state index contributed by atoms with van der Waals surface area (Å²) in [6.45, 7) is 0. The molecule has 0 radical (unpaired) electrons. The van der Waals surface area contributed by atoms with Crippen LogP contribution in [-0.4, -0.2) is 32.4 Å². The number of hydrogen-bond donors (Lipinski definition) is 1.